The Morgan fingerprint density at radius 1 is 0.286 bits per heavy atom. The molecule has 0 radical (unpaired) electrons. The Labute approximate surface area is 224 Å². The van der Waals surface area contributed by atoms with E-state index in [0.29, 0.717) is 0 Å². The molecule has 0 aliphatic carbocycles. The number of hydrogen-bond acceptors (Lipinski definition) is 1. The van der Waals surface area contributed by atoms with Gasteiger partial charge in [-0.25, -0.2) is 0 Å². The van der Waals surface area contributed by atoms with Crippen molar-refractivity contribution in [3.05, 3.63) is 0 Å². The molecule has 0 rings (SSSR count). The van der Waals surface area contributed by atoms with Crippen LogP contribution in [-0.4, -0.2) is 6.54 Å². The molecule has 2 N–H and O–H groups in total. The highest BCUT2D eigenvalue weighted by Gasteiger charge is 1.97. The van der Waals surface area contributed by atoms with Gasteiger partial charge in [0.1, 0.15) is 0 Å². The van der Waals surface area contributed by atoms with E-state index in [-0.39, 0.29) is 0 Å². The van der Waals surface area contributed by atoms with Gasteiger partial charge in [0.05, 0.1) is 0 Å². The molecule has 0 unspecified atom stereocenters. The predicted molar refractivity (Wildman–Crippen MR) is 162 cm³/mol. The normalized spacial score (nSPS) is 11.7. The molecule has 212 valence electrons. The van der Waals surface area contributed by atoms with Gasteiger partial charge in [-0.1, -0.05) is 200 Å². The van der Waals surface area contributed by atoms with Crippen molar-refractivity contribution in [3.63, 3.8) is 0 Å². The second-order valence-corrected chi connectivity index (χ2v) is 12.2. The monoisotopic (exact) mass is 494 g/mol. The maximum atomic E-state index is 5.54. The lowest BCUT2D eigenvalue weighted by Gasteiger charge is -2.05. The van der Waals surface area contributed by atoms with Crippen LogP contribution in [0, 0.1) is 5.92 Å². The van der Waals surface area contributed by atoms with E-state index >= 15 is 0 Å². The second-order valence-electron chi connectivity index (χ2n) is 12.2. The van der Waals surface area contributed by atoms with Crippen LogP contribution in [-0.2, 0) is 0 Å². The van der Waals surface area contributed by atoms with Crippen molar-refractivity contribution in [2.24, 2.45) is 11.7 Å². The summed E-state index contributed by atoms with van der Waals surface area (Å²) in [5, 5.41) is 0. The van der Waals surface area contributed by atoms with Crippen molar-refractivity contribution >= 4 is 0 Å². The number of hydrogen-bond donors (Lipinski definition) is 1. The Bertz CT molecular complexity index is 350. The molecule has 0 bridgehead atoms. The first-order valence-electron chi connectivity index (χ1n) is 17.0. The Morgan fingerprint density at radius 3 is 0.629 bits per heavy atom. The minimum Gasteiger partial charge on any atom is -0.330 e. The van der Waals surface area contributed by atoms with Crippen molar-refractivity contribution in [1.29, 1.82) is 0 Å². The molecule has 0 heterocycles. The van der Waals surface area contributed by atoms with Gasteiger partial charge in [-0.15, -0.1) is 0 Å². The van der Waals surface area contributed by atoms with Gasteiger partial charge in [0.25, 0.3) is 0 Å². The van der Waals surface area contributed by atoms with Crippen LogP contribution in [0.25, 0.3) is 0 Å². The lowest BCUT2D eigenvalue weighted by atomic mass is 10.0. The second kappa shape index (κ2) is 32.0. The Balaban J connectivity index is 3.01. The van der Waals surface area contributed by atoms with Crippen LogP contribution in [0.15, 0.2) is 0 Å². The summed E-state index contributed by atoms with van der Waals surface area (Å²) in [7, 11) is 0. The molecule has 35 heavy (non-hydrogen) atoms. The molecule has 0 aromatic heterocycles. The lowest BCUT2D eigenvalue weighted by molar-refractivity contribution is 0.500. The van der Waals surface area contributed by atoms with E-state index in [4.69, 9.17) is 5.73 Å². The Kier molecular flexibility index (Phi) is 32.0. The van der Waals surface area contributed by atoms with E-state index in [0.717, 1.165) is 12.5 Å². The van der Waals surface area contributed by atoms with Gasteiger partial charge in [-0.05, 0) is 18.9 Å². The topological polar surface area (TPSA) is 26.0 Å². The quantitative estimate of drug-likeness (QED) is 0.0954. The van der Waals surface area contributed by atoms with Gasteiger partial charge in [-0.3, -0.25) is 0 Å². The first-order valence-corrected chi connectivity index (χ1v) is 17.0. The van der Waals surface area contributed by atoms with Gasteiger partial charge in [0.2, 0.25) is 0 Å². The average molecular weight is 494 g/mol. The Hall–Kier alpha value is -0.0400. The lowest BCUT2D eigenvalue weighted by Crippen LogP contribution is -1.97. The van der Waals surface area contributed by atoms with Crippen molar-refractivity contribution < 1.29 is 0 Å². The summed E-state index contributed by atoms with van der Waals surface area (Å²) >= 11 is 0. The van der Waals surface area contributed by atoms with E-state index in [2.05, 4.69) is 13.8 Å². The van der Waals surface area contributed by atoms with Gasteiger partial charge in [0, 0.05) is 0 Å². The molecule has 0 aromatic rings. The highest BCUT2D eigenvalue weighted by Crippen LogP contribution is 2.17. The smallest absolute Gasteiger partial charge is 0.00773 e. The molecule has 0 spiro atoms. The largest absolute Gasteiger partial charge is 0.330 e. The molecule has 1 nitrogen and oxygen atoms in total. The van der Waals surface area contributed by atoms with Crippen LogP contribution in [0.2, 0.25) is 0 Å². The van der Waals surface area contributed by atoms with E-state index < -0.39 is 0 Å². The highest BCUT2D eigenvalue weighted by molar-refractivity contribution is 4.53. The van der Waals surface area contributed by atoms with E-state index in [1.54, 1.807) is 0 Å². The van der Waals surface area contributed by atoms with Gasteiger partial charge in [0.15, 0.2) is 0 Å². The zero-order valence-electron chi connectivity index (χ0n) is 25.1. The average Bonchev–Trinajstić information content (AvgIpc) is 2.85. The van der Waals surface area contributed by atoms with Crippen LogP contribution < -0.4 is 5.73 Å². The summed E-state index contributed by atoms with van der Waals surface area (Å²) in [4.78, 5) is 0. The molecule has 0 atom stereocenters. The molecular weight excluding hydrogens is 422 g/mol. The van der Waals surface area contributed by atoms with Crippen LogP contribution in [0.3, 0.4) is 0 Å². The van der Waals surface area contributed by atoms with Gasteiger partial charge < -0.3 is 5.73 Å². The van der Waals surface area contributed by atoms with Crippen LogP contribution >= 0.6 is 0 Å². The molecular formula is C34H71N. The third kappa shape index (κ3) is 34.0. The van der Waals surface area contributed by atoms with Crippen molar-refractivity contribution in [2.45, 2.75) is 206 Å². The molecule has 1 heteroatoms. The van der Waals surface area contributed by atoms with E-state index in [1.165, 1.54) is 193 Å². The van der Waals surface area contributed by atoms with Crippen LogP contribution in [0.4, 0.5) is 0 Å². The number of unbranched alkanes of at least 4 members (excludes halogenated alkanes) is 28. The van der Waals surface area contributed by atoms with Crippen molar-refractivity contribution in [3.8, 4) is 0 Å². The molecule has 0 aliphatic heterocycles. The van der Waals surface area contributed by atoms with Crippen LogP contribution in [0.5, 0.6) is 0 Å². The molecule has 0 aromatic carbocycles. The maximum absolute atomic E-state index is 5.54. The maximum Gasteiger partial charge on any atom is -0.00773 e. The summed E-state index contributed by atoms with van der Waals surface area (Å²) < 4.78 is 0. The van der Waals surface area contributed by atoms with Gasteiger partial charge >= 0.3 is 0 Å². The fourth-order valence-corrected chi connectivity index (χ4v) is 5.47. The fourth-order valence-electron chi connectivity index (χ4n) is 5.47. The molecule has 0 fully saturated rings. The minimum atomic E-state index is 0.874. The molecule has 0 saturated heterocycles. The van der Waals surface area contributed by atoms with E-state index in [1.807, 2.05) is 0 Å². The molecule has 0 amide bonds. The molecule has 0 saturated carbocycles. The SMILES string of the molecule is CC(C)CCCCCCCCCCCCCCCCCCCCCCCCCCCCCCCN. The first kappa shape index (κ1) is 35.0. The summed E-state index contributed by atoms with van der Waals surface area (Å²) in [6.07, 6.45) is 43.8. The summed E-state index contributed by atoms with van der Waals surface area (Å²) in [5.74, 6) is 0.895. The van der Waals surface area contributed by atoms with Crippen molar-refractivity contribution in [1.82, 2.24) is 0 Å². The van der Waals surface area contributed by atoms with E-state index in [9.17, 15) is 0 Å². The van der Waals surface area contributed by atoms with Crippen molar-refractivity contribution in [2.75, 3.05) is 6.54 Å². The standard InChI is InChI=1S/C34H71N/c1-34(2)32-30-28-26-24-22-20-18-16-14-12-10-8-6-4-3-5-7-9-11-13-15-17-19-21-23-25-27-29-31-33-35/h34H,3-33,35H2,1-2H3. The summed E-state index contributed by atoms with van der Waals surface area (Å²) in [6.45, 7) is 5.57. The van der Waals surface area contributed by atoms with Gasteiger partial charge in [-0.2, -0.15) is 0 Å². The number of rotatable bonds is 31. The fraction of sp³-hybridized carbons (Fsp3) is 1.00. The zero-order valence-corrected chi connectivity index (χ0v) is 25.1. The first-order chi connectivity index (χ1) is 17.3. The molecule has 0 aliphatic rings. The highest BCUT2D eigenvalue weighted by atomic mass is 14.5. The zero-order chi connectivity index (χ0) is 25.5. The Morgan fingerprint density at radius 2 is 0.457 bits per heavy atom. The number of nitrogens with two attached hydrogens (primary N) is 1. The summed E-state index contributed by atoms with van der Waals surface area (Å²) in [5.41, 5.74) is 5.54. The van der Waals surface area contributed by atoms with Crippen LogP contribution in [0.1, 0.15) is 206 Å². The third-order valence-corrected chi connectivity index (χ3v) is 7.99. The summed E-state index contributed by atoms with van der Waals surface area (Å²) in [6, 6.07) is 0. The predicted octanol–water partition coefficient (Wildman–Crippen LogP) is 12.3. The minimum absolute atomic E-state index is 0.874. The third-order valence-electron chi connectivity index (χ3n) is 7.99.